The number of amides is 1. The lowest BCUT2D eigenvalue weighted by molar-refractivity contribution is 0.157. The number of fused-ring (bicyclic) bond motifs is 1. The molecule has 202 valence electrons. The van der Waals surface area contributed by atoms with Crippen LogP contribution >= 0.6 is 0 Å². The second-order valence-electron chi connectivity index (χ2n) is 10.2. The van der Waals surface area contributed by atoms with Crippen LogP contribution in [0.5, 0.6) is 5.75 Å². The minimum atomic E-state index is -0.323. The zero-order valence-electron chi connectivity index (χ0n) is 23.7. The summed E-state index contributed by atoms with van der Waals surface area (Å²) in [6.07, 6.45) is 6.07. The first-order chi connectivity index (χ1) is 19.4. The highest BCUT2D eigenvalue weighted by Crippen LogP contribution is 2.39. The molecule has 0 saturated carbocycles. The molecule has 5 rings (SSSR count). The maximum atomic E-state index is 12.9. The van der Waals surface area contributed by atoms with Gasteiger partial charge in [-0.05, 0) is 68.1 Å². The van der Waals surface area contributed by atoms with Crippen molar-refractivity contribution in [3.63, 3.8) is 0 Å². The fourth-order valence-electron chi connectivity index (χ4n) is 5.22. The summed E-state index contributed by atoms with van der Waals surface area (Å²) in [6, 6.07) is 31.6. The highest BCUT2D eigenvalue weighted by atomic mass is 16.6. The van der Waals surface area contributed by atoms with E-state index in [2.05, 4.69) is 103 Å². The van der Waals surface area contributed by atoms with Crippen LogP contribution in [0.1, 0.15) is 41.7 Å². The van der Waals surface area contributed by atoms with Crippen molar-refractivity contribution in [1.29, 1.82) is 0 Å². The molecule has 4 aromatic carbocycles. The van der Waals surface area contributed by atoms with Crippen LogP contribution in [0.2, 0.25) is 0 Å². The Labute approximate surface area is 237 Å². The molecule has 4 heteroatoms. The largest absolute Gasteiger partial charge is 0.415 e. The van der Waals surface area contributed by atoms with Crippen molar-refractivity contribution in [1.82, 2.24) is 9.47 Å². The molecule has 0 aliphatic heterocycles. The topological polar surface area (TPSA) is 34.5 Å². The van der Waals surface area contributed by atoms with Crippen LogP contribution in [-0.2, 0) is 6.54 Å². The molecule has 0 saturated heterocycles. The van der Waals surface area contributed by atoms with Gasteiger partial charge in [-0.2, -0.15) is 0 Å². The van der Waals surface area contributed by atoms with E-state index in [9.17, 15) is 4.79 Å². The van der Waals surface area contributed by atoms with Crippen LogP contribution in [0, 0.1) is 13.8 Å². The molecule has 4 nitrogen and oxygen atoms in total. The number of carbonyl (C=O) groups is 1. The third kappa shape index (κ3) is 6.02. The first kappa shape index (κ1) is 27.0. The predicted octanol–water partition coefficient (Wildman–Crippen LogP) is 8.98. The van der Waals surface area contributed by atoms with Gasteiger partial charge in [0, 0.05) is 42.3 Å². The normalized spacial score (nSPS) is 11.3. The molecule has 1 aromatic heterocycles. The standard InChI is InChI=1S/C36H36N2O2/c1-5-37(6-2)36(39)40-34-19-18-33-32(35(34)31-23-26(3)22-27(4)24-31)20-21-38(33)25-30-16-14-29(15-17-30)13-12-28-10-8-7-9-11-28/h7-24H,5-6,25H2,1-4H3/b13-12+. The van der Waals surface area contributed by atoms with E-state index in [-0.39, 0.29) is 6.09 Å². The first-order valence-corrected chi connectivity index (χ1v) is 13.9. The zero-order valence-corrected chi connectivity index (χ0v) is 23.7. The van der Waals surface area contributed by atoms with Crippen LogP contribution in [0.3, 0.4) is 0 Å². The van der Waals surface area contributed by atoms with Gasteiger partial charge in [-0.3, -0.25) is 0 Å². The number of benzene rings is 4. The number of nitrogens with zero attached hydrogens (tertiary/aromatic N) is 2. The van der Waals surface area contributed by atoms with Gasteiger partial charge >= 0.3 is 6.09 Å². The van der Waals surface area contributed by atoms with Crippen molar-refractivity contribution in [2.75, 3.05) is 13.1 Å². The molecule has 1 amide bonds. The van der Waals surface area contributed by atoms with E-state index in [4.69, 9.17) is 4.74 Å². The van der Waals surface area contributed by atoms with Gasteiger partial charge in [-0.1, -0.05) is 96.1 Å². The number of carbonyl (C=O) groups excluding carboxylic acids is 1. The van der Waals surface area contributed by atoms with Crippen molar-refractivity contribution in [2.24, 2.45) is 0 Å². The molecule has 0 bridgehead atoms. The van der Waals surface area contributed by atoms with Crippen LogP contribution in [0.4, 0.5) is 4.79 Å². The number of rotatable bonds is 8. The number of ether oxygens (including phenoxy) is 1. The molecule has 5 aromatic rings. The van der Waals surface area contributed by atoms with Crippen molar-refractivity contribution < 1.29 is 9.53 Å². The maximum absolute atomic E-state index is 12.9. The number of aryl methyl sites for hydroxylation is 2. The Balaban J connectivity index is 1.47. The summed E-state index contributed by atoms with van der Waals surface area (Å²) in [7, 11) is 0. The third-order valence-corrected chi connectivity index (χ3v) is 7.24. The first-order valence-electron chi connectivity index (χ1n) is 13.9. The highest BCUT2D eigenvalue weighted by molar-refractivity contribution is 6.00. The van der Waals surface area contributed by atoms with E-state index in [0.29, 0.717) is 18.8 Å². The van der Waals surface area contributed by atoms with Gasteiger partial charge in [0.1, 0.15) is 5.75 Å². The smallest absolute Gasteiger partial charge is 0.410 e. The molecule has 0 aliphatic rings. The molecule has 0 unspecified atom stereocenters. The monoisotopic (exact) mass is 528 g/mol. The van der Waals surface area contributed by atoms with Crippen molar-refractivity contribution in [2.45, 2.75) is 34.2 Å². The number of hydrogen-bond acceptors (Lipinski definition) is 2. The summed E-state index contributed by atoms with van der Waals surface area (Å²) in [6.45, 7) is 10.1. The summed E-state index contributed by atoms with van der Waals surface area (Å²) < 4.78 is 8.25. The molecule has 0 N–H and O–H groups in total. The number of aromatic nitrogens is 1. The molecule has 0 spiro atoms. The minimum absolute atomic E-state index is 0.323. The molecule has 0 atom stereocenters. The summed E-state index contributed by atoms with van der Waals surface area (Å²) in [5, 5.41) is 1.07. The van der Waals surface area contributed by atoms with Gasteiger partial charge in [0.2, 0.25) is 0 Å². The van der Waals surface area contributed by atoms with Gasteiger partial charge < -0.3 is 14.2 Å². The number of hydrogen-bond donors (Lipinski definition) is 0. The lowest BCUT2D eigenvalue weighted by Gasteiger charge is -2.20. The lowest BCUT2D eigenvalue weighted by atomic mass is 9.97. The average Bonchev–Trinajstić information content (AvgIpc) is 3.35. The van der Waals surface area contributed by atoms with E-state index in [0.717, 1.165) is 28.6 Å². The Morgan fingerprint density at radius 1 is 0.800 bits per heavy atom. The Kier molecular flexibility index (Phi) is 8.16. The second kappa shape index (κ2) is 12.1. The summed E-state index contributed by atoms with van der Waals surface area (Å²) in [4.78, 5) is 14.6. The summed E-state index contributed by atoms with van der Waals surface area (Å²) in [5.41, 5.74) is 9.03. The quantitative estimate of drug-likeness (QED) is 0.188. The lowest BCUT2D eigenvalue weighted by Crippen LogP contribution is -2.33. The zero-order chi connectivity index (χ0) is 28.1. The molecule has 40 heavy (non-hydrogen) atoms. The molecular formula is C36H36N2O2. The van der Waals surface area contributed by atoms with Crippen molar-refractivity contribution >= 4 is 29.1 Å². The Morgan fingerprint density at radius 2 is 1.45 bits per heavy atom. The Bertz CT molecular complexity index is 1620. The van der Waals surface area contributed by atoms with E-state index >= 15 is 0 Å². The Morgan fingerprint density at radius 3 is 2.10 bits per heavy atom. The minimum Gasteiger partial charge on any atom is -0.410 e. The SMILES string of the molecule is CCN(CC)C(=O)Oc1ccc2c(ccn2Cc2ccc(/C=C/c3ccccc3)cc2)c1-c1cc(C)cc(C)c1. The van der Waals surface area contributed by atoms with Crippen LogP contribution in [-0.4, -0.2) is 28.6 Å². The molecule has 0 aliphatic carbocycles. The van der Waals surface area contributed by atoms with Crippen LogP contribution in [0.15, 0.2) is 97.2 Å². The van der Waals surface area contributed by atoms with Gasteiger partial charge in [-0.15, -0.1) is 0 Å². The van der Waals surface area contributed by atoms with Crippen LogP contribution in [0.25, 0.3) is 34.2 Å². The van der Waals surface area contributed by atoms with E-state index < -0.39 is 0 Å². The van der Waals surface area contributed by atoms with Crippen molar-refractivity contribution in [3.05, 3.63) is 125 Å². The second-order valence-corrected chi connectivity index (χ2v) is 10.2. The Hall–Kier alpha value is -4.57. The molecule has 0 radical (unpaired) electrons. The van der Waals surface area contributed by atoms with Gasteiger partial charge in [0.25, 0.3) is 0 Å². The van der Waals surface area contributed by atoms with Crippen molar-refractivity contribution in [3.8, 4) is 16.9 Å². The molecule has 0 fully saturated rings. The highest BCUT2D eigenvalue weighted by Gasteiger charge is 2.19. The van der Waals surface area contributed by atoms with E-state index in [1.54, 1.807) is 4.90 Å². The maximum Gasteiger partial charge on any atom is 0.415 e. The average molecular weight is 529 g/mol. The van der Waals surface area contributed by atoms with E-state index in [1.807, 2.05) is 38.1 Å². The van der Waals surface area contributed by atoms with E-state index in [1.165, 1.54) is 27.8 Å². The molecule has 1 heterocycles. The van der Waals surface area contributed by atoms with Gasteiger partial charge in [0.15, 0.2) is 0 Å². The summed E-state index contributed by atoms with van der Waals surface area (Å²) in [5.74, 6) is 0.585. The third-order valence-electron chi connectivity index (χ3n) is 7.24. The van der Waals surface area contributed by atoms with Gasteiger partial charge in [0.05, 0.1) is 0 Å². The fourth-order valence-corrected chi connectivity index (χ4v) is 5.22. The summed E-state index contributed by atoms with van der Waals surface area (Å²) >= 11 is 0. The van der Waals surface area contributed by atoms with Crippen LogP contribution < -0.4 is 4.74 Å². The van der Waals surface area contributed by atoms with Gasteiger partial charge in [-0.25, -0.2) is 4.79 Å². The fraction of sp³-hybridized carbons (Fsp3) is 0.194. The predicted molar refractivity (Wildman–Crippen MR) is 167 cm³/mol. The molecular weight excluding hydrogens is 492 g/mol.